The molecule has 0 spiro atoms. The first-order valence-corrected chi connectivity index (χ1v) is 14.6. The van der Waals surface area contributed by atoms with Crippen LogP contribution in [-0.4, -0.2) is 49.4 Å². The average molecular weight is 611 g/mol. The maximum Gasteiger partial charge on any atom is 0.318 e. The van der Waals surface area contributed by atoms with Crippen molar-refractivity contribution in [3.8, 4) is 11.5 Å². The van der Waals surface area contributed by atoms with Crippen molar-refractivity contribution in [3.05, 3.63) is 113 Å². The summed E-state index contributed by atoms with van der Waals surface area (Å²) in [5.74, 6) is -1.68. The van der Waals surface area contributed by atoms with Crippen LogP contribution >= 0.6 is 0 Å². The zero-order valence-electron chi connectivity index (χ0n) is 26.2. The molecule has 2 atom stereocenters. The Hall–Kier alpha value is -4.95. The molecule has 0 bridgehead atoms. The van der Waals surface area contributed by atoms with E-state index in [9.17, 15) is 24.0 Å². The molecule has 0 amide bonds. The van der Waals surface area contributed by atoms with Crippen LogP contribution in [0.25, 0.3) is 6.08 Å². The highest BCUT2D eigenvalue weighted by Crippen LogP contribution is 2.31. The predicted octanol–water partition coefficient (Wildman–Crippen LogP) is 6.51. The van der Waals surface area contributed by atoms with Gasteiger partial charge in [-0.2, -0.15) is 0 Å². The second kappa shape index (κ2) is 16.8. The molecule has 0 N–H and O–H groups in total. The molecular formula is C37H38O8. The lowest BCUT2D eigenvalue weighted by atomic mass is 9.93. The van der Waals surface area contributed by atoms with Crippen LogP contribution in [0.2, 0.25) is 0 Å². The van der Waals surface area contributed by atoms with Gasteiger partial charge in [0, 0.05) is 18.2 Å². The minimum atomic E-state index is -0.694. The molecule has 0 aromatic heterocycles. The number of carbonyl (C=O) groups is 5. The van der Waals surface area contributed by atoms with E-state index < -0.39 is 23.8 Å². The normalized spacial score (nSPS) is 14.6. The van der Waals surface area contributed by atoms with E-state index in [4.69, 9.17) is 14.2 Å². The minimum absolute atomic E-state index is 0.0552. The largest absolute Gasteiger partial charge is 0.493 e. The number of esters is 1. The van der Waals surface area contributed by atoms with E-state index in [1.165, 1.54) is 45.4 Å². The summed E-state index contributed by atoms with van der Waals surface area (Å²) in [5, 5.41) is 0. The van der Waals surface area contributed by atoms with Gasteiger partial charge >= 0.3 is 5.97 Å². The summed E-state index contributed by atoms with van der Waals surface area (Å²) in [4.78, 5) is 62.1. The van der Waals surface area contributed by atoms with Crippen molar-refractivity contribution >= 4 is 35.2 Å². The molecule has 0 saturated carbocycles. The Kier molecular flexibility index (Phi) is 12.9. The molecule has 1 aliphatic rings. The van der Waals surface area contributed by atoms with Crippen molar-refractivity contribution in [2.24, 2.45) is 0 Å². The Morgan fingerprint density at radius 1 is 0.911 bits per heavy atom. The number of rotatable bonds is 15. The van der Waals surface area contributed by atoms with Gasteiger partial charge in [-0.15, -0.1) is 0 Å². The van der Waals surface area contributed by atoms with Gasteiger partial charge in [0.2, 0.25) is 0 Å². The second-order valence-corrected chi connectivity index (χ2v) is 10.6. The van der Waals surface area contributed by atoms with Crippen LogP contribution in [0.5, 0.6) is 11.5 Å². The zero-order chi connectivity index (χ0) is 32.9. The Balaban J connectivity index is 1.62. The third-order valence-corrected chi connectivity index (χ3v) is 7.12. The number of benzene rings is 2. The fourth-order valence-corrected chi connectivity index (χ4v) is 4.48. The Morgan fingerprint density at radius 2 is 1.67 bits per heavy atom. The SMILES string of the molecule is COc1cc(/C=C/C(=O)CC(=O)/C=C/C(C)=C/C(OC)C(C)=O)ccc1OC(=O)C(C)c1cccc(C(=O)C2=CC=CCC2)c1. The van der Waals surface area contributed by atoms with Gasteiger partial charge in [0.25, 0.3) is 0 Å². The highest BCUT2D eigenvalue weighted by molar-refractivity contribution is 6.10. The quantitative estimate of drug-likeness (QED) is 0.0560. The first-order valence-electron chi connectivity index (χ1n) is 14.6. The molecule has 234 valence electrons. The van der Waals surface area contributed by atoms with Crippen molar-refractivity contribution in [2.45, 2.75) is 52.1 Å². The summed E-state index contributed by atoms with van der Waals surface area (Å²) in [6.07, 6.45) is 13.5. The number of Topliss-reactive ketones (excluding diaryl/α,β-unsaturated/α-hetero) is 2. The second-order valence-electron chi connectivity index (χ2n) is 10.6. The van der Waals surface area contributed by atoms with E-state index >= 15 is 0 Å². The molecule has 2 unspecified atom stereocenters. The van der Waals surface area contributed by atoms with E-state index in [-0.39, 0.29) is 35.3 Å². The highest BCUT2D eigenvalue weighted by Gasteiger charge is 2.21. The van der Waals surface area contributed by atoms with Crippen LogP contribution < -0.4 is 9.47 Å². The topological polar surface area (TPSA) is 113 Å². The average Bonchev–Trinajstić information content (AvgIpc) is 3.05. The molecule has 2 aromatic rings. The van der Waals surface area contributed by atoms with Crippen molar-refractivity contribution in [1.29, 1.82) is 0 Å². The molecule has 2 aromatic carbocycles. The molecule has 45 heavy (non-hydrogen) atoms. The van der Waals surface area contributed by atoms with Gasteiger partial charge in [-0.25, -0.2) is 0 Å². The molecule has 0 heterocycles. The Bertz CT molecular complexity index is 1600. The van der Waals surface area contributed by atoms with Gasteiger partial charge in [0.15, 0.2) is 34.6 Å². The summed E-state index contributed by atoms with van der Waals surface area (Å²) in [7, 11) is 2.86. The van der Waals surface area contributed by atoms with E-state index in [2.05, 4.69) is 0 Å². The third kappa shape index (κ3) is 10.3. The monoisotopic (exact) mass is 610 g/mol. The number of hydrogen-bond donors (Lipinski definition) is 0. The van der Waals surface area contributed by atoms with E-state index in [1.54, 1.807) is 62.4 Å². The van der Waals surface area contributed by atoms with Gasteiger partial charge in [-0.3, -0.25) is 24.0 Å². The Morgan fingerprint density at radius 3 is 2.33 bits per heavy atom. The number of ether oxygens (including phenoxy) is 3. The first-order chi connectivity index (χ1) is 21.5. The van der Waals surface area contributed by atoms with Crippen LogP contribution in [-0.2, 0) is 23.9 Å². The van der Waals surface area contributed by atoms with Crippen LogP contribution in [0.3, 0.4) is 0 Å². The standard InChI is InChI=1S/C37H38O8/c1-24(20-34(43-4)26(3)38)14-17-31(39)23-32(40)18-15-27-16-19-33(35(21-27)44-5)45-37(42)25(2)29-12-9-13-30(22-29)36(41)28-10-7-6-8-11-28/h6-7,9-10,12-22,25,34H,8,11,23H2,1-5H3/b17-14+,18-15+,24-20+. The Labute approximate surface area is 263 Å². The van der Waals surface area contributed by atoms with Crippen molar-refractivity contribution in [2.75, 3.05) is 14.2 Å². The molecule has 3 rings (SSSR count). The summed E-state index contributed by atoms with van der Waals surface area (Å²) in [6, 6.07) is 11.8. The minimum Gasteiger partial charge on any atom is -0.493 e. The fraction of sp³-hybridized carbons (Fsp3) is 0.270. The molecule has 8 heteroatoms. The summed E-state index contributed by atoms with van der Waals surface area (Å²) < 4.78 is 16.1. The number of hydrogen-bond acceptors (Lipinski definition) is 8. The van der Waals surface area contributed by atoms with E-state index in [0.29, 0.717) is 28.7 Å². The van der Waals surface area contributed by atoms with Crippen LogP contribution in [0, 0.1) is 0 Å². The maximum absolute atomic E-state index is 13.1. The van der Waals surface area contributed by atoms with Crippen LogP contribution in [0.4, 0.5) is 0 Å². The van der Waals surface area contributed by atoms with Crippen molar-refractivity contribution < 1.29 is 38.2 Å². The van der Waals surface area contributed by atoms with Crippen LogP contribution in [0.1, 0.15) is 67.4 Å². The lowest BCUT2D eigenvalue weighted by molar-refractivity contribution is -0.135. The van der Waals surface area contributed by atoms with E-state index in [0.717, 1.165) is 12.0 Å². The van der Waals surface area contributed by atoms with Crippen molar-refractivity contribution in [1.82, 2.24) is 0 Å². The molecule has 0 fully saturated rings. The molecule has 8 nitrogen and oxygen atoms in total. The lowest BCUT2D eigenvalue weighted by Gasteiger charge is -2.15. The van der Waals surface area contributed by atoms with Crippen LogP contribution in [0.15, 0.2) is 96.1 Å². The smallest absolute Gasteiger partial charge is 0.318 e. The zero-order valence-corrected chi connectivity index (χ0v) is 26.2. The van der Waals surface area contributed by atoms with Crippen molar-refractivity contribution in [3.63, 3.8) is 0 Å². The number of carbonyl (C=O) groups excluding carboxylic acids is 5. The van der Waals surface area contributed by atoms with Gasteiger partial charge < -0.3 is 14.2 Å². The lowest BCUT2D eigenvalue weighted by Crippen LogP contribution is -2.17. The third-order valence-electron chi connectivity index (χ3n) is 7.12. The van der Waals surface area contributed by atoms with Gasteiger partial charge in [-0.05, 0) is 81.2 Å². The molecular weight excluding hydrogens is 572 g/mol. The molecule has 0 aliphatic heterocycles. The van der Waals surface area contributed by atoms with E-state index in [1.807, 2.05) is 18.2 Å². The summed E-state index contributed by atoms with van der Waals surface area (Å²) >= 11 is 0. The predicted molar refractivity (Wildman–Crippen MR) is 172 cm³/mol. The molecule has 0 radical (unpaired) electrons. The molecule has 1 aliphatic carbocycles. The first kappa shape index (κ1) is 34.5. The van der Waals surface area contributed by atoms with Gasteiger partial charge in [0.05, 0.1) is 19.4 Å². The van der Waals surface area contributed by atoms with Gasteiger partial charge in [-0.1, -0.05) is 60.2 Å². The summed E-state index contributed by atoms with van der Waals surface area (Å²) in [5.41, 5.74) is 3.17. The van der Waals surface area contributed by atoms with Gasteiger partial charge in [0.1, 0.15) is 6.10 Å². The summed E-state index contributed by atoms with van der Waals surface area (Å²) in [6.45, 7) is 4.85. The number of allylic oxidation sites excluding steroid dienone is 8. The maximum atomic E-state index is 13.1. The fourth-order valence-electron chi connectivity index (χ4n) is 4.48. The molecule has 0 saturated heterocycles. The number of ketones is 4. The highest BCUT2D eigenvalue weighted by atomic mass is 16.6. The number of methoxy groups -OCH3 is 2.